The number of benzene rings is 3. The van der Waals surface area contributed by atoms with E-state index in [2.05, 4.69) is 39.7 Å². The van der Waals surface area contributed by atoms with Crippen molar-refractivity contribution in [2.24, 2.45) is 5.92 Å². The van der Waals surface area contributed by atoms with Gasteiger partial charge in [0.15, 0.2) is 0 Å². The number of rotatable bonds is 6. The Labute approximate surface area is 192 Å². The number of aliphatic carboxylic acids is 1. The average Bonchev–Trinajstić information content (AvgIpc) is 3.52. The van der Waals surface area contributed by atoms with Crippen LogP contribution in [-0.2, 0) is 4.79 Å². The van der Waals surface area contributed by atoms with Crippen molar-refractivity contribution in [1.82, 2.24) is 10.1 Å². The molecule has 1 aliphatic rings. The second-order valence-corrected chi connectivity index (χ2v) is 8.59. The molecule has 3 aromatic carbocycles. The van der Waals surface area contributed by atoms with E-state index in [9.17, 15) is 9.90 Å². The monoisotopic (exact) mass is 439 g/mol. The summed E-state index contributed by atoms with van der Waals surface area (Å²) in [5.41, 5.74) is 6.12. The van der Waals surface area contributed by atoms with Crippen LogP contribution in [0.4, 0.5) is 5.69 Å². The molecular weight excluding hydrogens is 414 g/mol. The van der Waals surface area contributed by atoms with E-state index in [-0.39, 0.29) is 12.0 Å². The molecule has 1 aromatic heterocycles. The van der Waals surface area contributed by atoms with E-state index in [0.717, 1.165) is 46.3 Å². The van der Waals surface area contributed by atoms with Crippen LogP contribution in [-0.4, -0.2) is 27.3 Å². The van der Waals surface area contributed by atoms with Gasteiger partial charge in [0.25, 0.3) is 5.89 Å². The lowest BCUT2D eigenvalue weighted by atomic mass is 10.0. The molecule has 0 bridgehead atoms. The van der Waals surface area contributed by atoms with Gasteiger partial charge in [-0.15, -0.1) is 0 Å². The molecule has 6 nitrogen and oxygen atoms in total. The maximum Gasteiger partial charge on any atom is 0.306 e. The molecule has 2 unspecified atom stereocenters. The Bertz CT molecular complexity index is 1270. The first kappa shape index (κ1) is 20.9. The second-order valence-electron chi connectivity index (χ2n) is 8.59. The van der Waals surface area contributed by atoms with Crippen molar-refractivity contribution in [3.05, 3.63) is 78.4 Å². The lowest BCUT2D eigenvalue weighted by molar-refractivity contribution is -0.141. The number of carbonyl (C=O) groups is 1. The molecule has 0 radical (unpaired) electrons. The highest BCUT2D eigenvalue weighted by atomic mass is 16.5. The number of carboxylic acids is 1. The van der Waals surface area contributed by atoms with Gasteiger partial charge in [-0.1, -0.05) is 47.6 Å². The molecule has 1 saturated carbocycles. The van der Waals surface area contributed by atoms with Crippen LogP contribution < -0.4 is 5.32 Å². The quantitative estimate of drug-likeness (QED) is 0.381. The summed E-state index contributed by atoms with van der Waals surface area (Å²) in [6.07, 6.45) is 2.26. The minimum Gasteiger partial charge on any atom is -0.481 e. The number of nitrogens with zero attached hydrogens (tertiary/aromatic N) is 2. The van der Waals surface area contributed by atoms with E-state index < -0.39 is 5.97 Å². The molecule has 4 aromatic rings. The normalized spacial score (nSPS) is 17.7. The van der Waals surface area contributed by atoms with Gasteiger partial charge >= 0.3 is 5.97 Å². The van der Waals surface area contributed by atoms with Crippen LogP contribution in [0.1, 0.15) is 24.8 Å². The molecule has 2 atom stereocenters. The summed E-state index contributed by atoms with van der Waals surface area (Å²) in [5, 5.41) is 16.9. The Kier molecular flexibility index (Phi) is 5.65. The van der Waals surface area contributed by atoms with E-state index in [4.69, 9.17) is 4.52 Å². The minimum atomic E-state index is -0.700. The smallest absolute Gasteiger partial charge is 0.306 e. The van der Waals surface area contributed by atoms with E-state index in [0.29, 0.717) is 18.1 Å². The van der Waals surface area contributed by atoms with Crippen molar-refractivity contribution in [1.29, 1.82) is 0 Å². The molecule has 5 rings (SSSR count). The molecule has 166 valence electrons. The van der Waals surface area contributed by atoms with Crippen LogP contribution in [0.15, 0.2) is 77.3 Å². The van der Waals surface area contributed by atoms with Gasteiger partial charge in [-0.3, -0.25) is 4.79 Å². The summed E-state index contributed by atoms with van der Waals surface area (Å²) >= 11 is 0. The SMILES string of the molecule is Cc1cc(-c2noc(-c3ccc(-c4ccccc4)cc3)n2)ccc1NC1CCC(C(=O)O)C1. The van der Waals surface area contributed by atoms with E-state index in [1.807, 2.05) is 55.5 Å². The van der Waals surface area contributed by atoms with Crippen molar-refractivity contribution in [3.8, 4) is 34.0 Å². The molecule has 0 saturated heterocycles. The Morgan fingerprint density at radius 1 is 0.939 bits per heavy atom. The van der Waals surface area contributed by atoms with Gasteiger partial charge in [0.2, 0.25) is 5.82 Å². The molecular formula is C27H25N3O3. The van der Waals surface area contributed by atoms with Gasteiger partial charge in [-0.25, -0.2) is 0 Å². The average molecular weight is 440 g/mol. The fraction of sp³-hybridized carbons (Fsp3) is 0.222. The number of nitrogens with one attached hydrogen (secondary N) is 1. The largest absolute Gasteiger partial charge is 0.481 e. The maximum atomic E-state index is 11.2. The summed E-state index contributed by atoms with van der Waals surface area (Å²) in [6.45, 7) is 2.03. The van der Waals surface area contributed by atoms with Gasteiger partial charge in [0.05, 0.1) is 5.92 Å². The molecule has 0 amide bonds. The first-order chi connectivity index (χ1) is 16.1. The van der Waals surface area contributed by atoms with Crippen molar-refractivity contribution in [2.75, 3.05) is 5.32 Å². The Morgan fingerprint density at radius 3 is 2.33 bits per heavy atom. The van der Waals surface area contributed by atoms with E-state index in [1.54, 1.807) is 0 Å². The van der Waals surface area contributed by atoms with Crippen LogP contribution in [0.25, 0.3) is 34.0 Å². The fourth-order valence-corrected chi connectivity index (χ4v) is 4.42. The summed E-state index contributed by atoms with van der Waals surface area (Å²) < 4.78 is 5.53. The van der Waals surface area contributed by atoms with Crippen LogP contribution in [0.2, 0.25) is 0 Å². The van der Waals surface area contributed by atoms with E-state index in [1.165, 1.54) is 0 Å². The summed E-state index contributed by atoms with van der Waals surface area (Å²) in [4.78, 5) is 15.8. The highest BCUT2D eigenvalue weighted by Gasteiger charge is 2.29. The van der Waals surface area contributed by atoms with Crippen LogP contribution in [0, 0.1) is 12.8 Å². The van der Waals surface area contributed by atoms with Crippen molar-refractivity contribution in [2.45, 2.75) is 32.2 Å². The molecule has 0 aliphatic heterocycles. The third-order valence-electron chi connectivity index (χ3n) is 6.29. The fourth-order valence-electron chi connectivity index (χ4n) is 4.42. The first-order valence-corrected chi connectivity index (χ1v) is 11.2. The zero-order valence-corrected chi connectivity index (χ0v) is 18.4. The Balaban J connectivity index is 1.30. The molecule has 1 heterocycles. The highest BCUT2D eigenvalue weighted by Crippen LogP contribution is 2.31. The van der Waals surface area contributed by atoms with Gasteiger partial charge < -0.3 is 14.9 Å². The number of carboxylic acid groups (broad SMARTS) is 1. The molecule has 33 heavy (non-hydrogen) atoms. The van der Waals surface area contributed by atoms with Crippen molar-refractivity contribution >= 4 is 11.7 Å². The van der Waals surface area contributed by atoms with Gasteiger partial charge in [0.1, 0.15) is 0 Å². The zero-order chi connectivity index (χ0) is 22.8. The third-order valence-corrected chi connectivity index (χ3v) is 6.29. The Morgan fingerprint density at radius 2 is 1.64 bits per heavy atom. The molecule has 6 heteroatoms. The van der Waals surface area contributed by atoms with E-state index >= 15 is 0 Å². The molecule has 2 N–H and O–H groups in total. The van der Waals surface area contributed by atoms with Crippen LogP contribution >= 0.6 is 0 Å². The van der Waals surface area contributed by atoms with Gasteiger partial charge in [0, 0.05) is 22.9 Å². The third kappa shape index (κ3) is 4.51. The lowest BCUT2D eigenvalue weighted by Crippen LogP contribution is -2.18. The Hall–Kier alpha value is -3.93. The predicted molar refractivity (Wildman–Crippen MR) is 128 cm³/mol. The molecule has 1 fully saturated rings. The van der Waals surface area contributed by atoms with Crippen molar-refractivity contribution in [3.63, 3.8) is 0 Å². The number of aromatic nitrogens is 2. The molecule has 1 aliphatic carbocycles. The number of hydrogen-bond acceptors (Lipinski definition) is 5. The number of aryl methyl sites for hydroxylation is 1. The standard InChI is InChI=1S/C27H25N3O3/c1-17-15-21(12-14-24(17)28-23-13-11-22(16-23)27(31)32)25-29-26(33-30-25)20-9-7-19(8-10-20)18-5-3-2-4-6-18/h2-10,12,14-15,22-23,28H,11,13,16H2,1H3,(H,31,32). The summed E-state index contributed by atoms with van der Waals surface area (Å²) in [5.74, 6) is 0.0734. The lowest BCUT2D eigenvalue weighted by Gasteiger charge is -2.16. The van der Waals surface area contributed by atoms with Gasteiger partial charge in [-0.2, -0.15) is 4.98 Å². The summed E-state index contributed by atoms with van der Waals surface area (Å²) in [6, 6.07) is 24.5. The first-order valence-electron chi connectivity index (χ1n) is 11.2. The van der Waals surface area contributed by atoms with Gasteiger partial charge in [-0.05, 0) is 73.2 Å². The topological polar surface area (TPSA) is 88.3 Å². The number of anilines is 1. The number of hydrogen-bond donors (Lipinski definition) is 2. The highest BCUT2D eigenvalue weighted by molar-refractivity contribution is 5.71. The summed E-state index contributed by atoms with van der Waals surface area (Å²) in [7, 11) is 0. The second kappa shape index (κ2) is 8.90. The predicted octanol–water partition coefficient (Wildman–Crippen LogP) is 6.04. The van der Waals surface area contributed by atoms with Crippen LogP contribution in [0.5, 0.6) is 0 Å². The minimum absolute atomic E-state index is 0.186. The van der Waals surface area contributed by atoms with Crippen LogP contribution in [0.3, 0.4) is 0 Å². The molecule has 0 spiro atoms. The van der Waals surface area contributed by atoms with Crippen molar-refractivity contribution < 1.29 is 14.4 Å². The zero-order valence-electron chi connectivity index (χ0n) is 18.4. The maximum absolute atomic E-state index is 11.2.